The largest absolute Gasteiger partial charge is 0.493 e. The van der Waals surface area contributed by atoms with Gasteiger partial charge in [0.25, 0.3) is 0 Å². The lowest BCUT2D eigenvalue weighted by atomic mass is 10.1. The highest BCUT2D eigenvalue weighted by Gasteiger charge is 2.16. The van der Waals surface area contributed by atoms with Crippen LogP contribution in [0.4, 0.5) is 0 Å². The lowest BCUT2D eigenvalue weighted by Gasteiger charge is -2.09. The zero-order valence-corrected chi connectivity index (χ0v) is 19.3. The normalized spacial score (nSPS) is 12.5. The van der Waals surface area contributed by atoms with Crippen molar-refractivity contribution in [1.82, 2.24) is 4.98 Å². The van der Waals surface area contributed by atoms with E-state index in [1.807, 2.05) is 57.2 Å². The molecule has 1 aliphatic rings. The Balaban J connectivity index is 1.28. The van der Waals surface area contributed by atoms with Gasteiger partial charge >= 0.3 is 5.97 Å². The summed E-state index contributed by atoms with van der Waals surface area (Å²) in [4.78, 5) is 16.2. The van der Waals surface area contributed by atoms with Gasteiger partial charge in [0, 0.05) is 18.4 Å². The summed E-state index contributed by atoms with van der Waals surface area (Å²) in [7, 11) is 0. The van der Waals surface area contributed by atoms with Crippen LogP contribution in [0.5, 0.6) is 11.5 Å². The summed E-state index contributed by atoms with van der Waals surface area (Å²) in [5, 5.41) is 0. The molecule has 0 spiro atoms. The Kier molecular flexibility index (Phi) is 7.29. The first-order valence-corrected chi connectivity index (χ1v) is 11.2. The van der Waals surface area contributed by atoms with Crippen molar-refractivity contribution in [2.24, 2.45) is 0 Å². The van der Waals surface area contributed by atoms with Gasteiger partial charge in [-0.1, -0.05) is 18.2 Å². The van der Waals surface area contributed by atoms with E-state index in [4.69, 9.17) is 23.4 Å². The second-order valence-electron chi connectivity index (χ2n) is 8.22. The molecule has 0 saturated carbocycles. The summed E-state index contributed by atoms with van der Waals surface area (Å²) < 4.78 is 28.0. The van der Waals surface area contributed by atoms with Gasteiger partial charge in [-0.05, 0) is 56.2 Å². The molecule has 0 bridgehead atoms. The van der Waals surface area contributed by atoms with E-state index in [2.05, 4.69) is 11.1 Å². The maximum absolute atomic E-state index is 11.6. The number of benzene rings is 2. The highest BCUT2D eigenvalue weighted by atomic mass is 16.6. The summed E-state index contributed by atoms with van der Waals surface area (Å²) in [5.41, 5.74) is 3.92. The van der Waals surface area contributed by atoms with Gasteiger partial charge in [-0.2, -0.15) is 0 Å². The predicted octanol–water partition coefficient (Wildman–Crippen LogP) is 4.67. The number of hydrogen-bond donors (Lipinski definition) is 0. The molecule has 0 radical (unpaired) electrons. The fourth-order valence-electron chi connectivity index (χ4n) is 3.62. The van der Waals surface area contributed by atoms with E-state index in [1.54, 1.807) is 0 Å². The number of carbonyl (C=O) groups excluding carboxylic acids is 1. The Bertz CT molecular complexity index is 1100. The average Bonchev–Trinajstić information content (AvgIpc) is 3.39. The summed E-state index contributed by atoms with van der Waals surface area (Å²) in [6.07, 6.45) is 1.42. The zero-order valence-electron chi connectivity index (χ0n) is 19.3. The number of carbonyl (C=O) groups is 1. The Morgan fingerprint density at radius 3 is 2.91 bits per heavy atom. The van der Waals surface area contributed by atoms with Crippen LogP contribution in [0.1, 0.15) is 36.4 Å². The molecule has 2 aromatic carbocycles. The van der Waals surface area contributed by atoms with Crippen molar-refractivity contribution >= 4 is 5.97 Å². The van der Waals surface area contributed by atoms with Crippen LogP contribution >= 0.6 is 0 Å². The van der Waals surface area contributed by atoms with Gasteiger partial charge in [0.05, 0.1) is 31.6 Å². The van der Waals surface area contributed by atoms with Crippen LogP contribution in [0, 0.1) is 6.92 Å². The minimum absolute atomic E-state index is 0.0760. The highest BCUT2D eigenvalue weighted by molar-refractivity contribution is 5.70. The van der Waals surface area contributed by atoms with E-state index in [1.165, 1.54) is 5.56 Å². The van der Waals surface area contributed by atoms with Crippen LogP contribution < -0.4 is 9.47 Å². The summed E-state index contributed by atoms with van der Waals surface area (Å²) in [6.45, 7) is 6.95. The number of nitrogens with zero attached hydrogens (tertiary/aromatic N) is 1. The SMILES string of the molecule is Cc1oc(-c2ccc3c(c2)OCC3)nc1CCOc1cccc(COCC(=O)OC(C)C)c1. The molecule has 0 fully saturated rings. The number of oxazole rings is 1. The Labute approximate surface area is 193 Å². The maximum Gasteiger partial charge on any atom is 0.332 e. The van der Waals surface area contributed by atoms with Crippen molar-refractivity contribution in [3.05, 3.63) is 65.0 Å². The van der Waals surface area contributed by atoms with Crippen LogP contribution in [-0.4, -0.2) is 36.9 Å². The van der Waals surface area contributed by atoms with Gasteiger partial charge in [-0.25, -0.2) is 9.78 Å². The molecule has 4 rings (SSSR count). The Hall–Kier alpha value is -3.32. The molecule has 0 atom stereocenters. The molecule has 0 unspecified atom stereocenters. The molecule has 7 nitrogen and oxygen atoms in total. The maximum atomic E-state index is 11.6. The van der Waals surface area contributed by atoms with E-state index in [0.29, 0.717) is 25.5 Å². The fraction of sp³-hybridized carbons (Fsp3) is 0.385. The molecular formula is C26H29NO6. The third-order valence-corrected chi connectivity index (χ3v) is 5.20. The van der Waals surface area contributed by atoms with Crippen LogP contribution in [0.25, 0.3) is 11.5 Å². The van der Waals surface area contributed by atoms with E-state index in [0.717, 1.165) is 47.1 Å². The zero-order chi connectivity index (χ0) is 23.2. The van der Waals surface area contributed by atoms with Gasteiger partial charge in [0.15, 0.2) is 0 Å². The van der Waals surface area contributed by atoms with Crippen LogP contribution in [0.15, 0.2) is 46.9 Å². The first kappa shape index (κ1) is 22.9. The fourth-order valence-corrected chi connectivity index (χ4v) is 3.62. The van der Waals surface area contributed by atoms with Crippen molar-refractivity contribution in [1.29, 1.82) is 0 Å². The predicted molar refractivity (Wildman–Crippen MR) is 122 cm³/mol. The first-order valence-electron chi connectivity index (χ1n) is 11.2. The molecule has 0 aliphatic carbocycles. The van der Waals surface area contributed by atoms with Gasteiger partial charge in [0.2, 0.25) is 5.89 Å². The van der Waals surface area contributed by atoms with Crippen molar-refractivity contribution in [3.8, 4) is 23.0 Å². The first-order chi connectivity index (χ1) is 16.0. The molecule has 174 valence electrons. The second kappa shape index (κ2) is 10.5. The van der Waals surface area contributed by atoms with E-state index in [-0.39, 0.29) is 18.7 Å². The standard InChI is InChI=1S/C26H29NO6/c1-17(2)32-25(28)16-29-15-19-5-4-6-22(13-19)30-12-10-23-18(3)33-26(27-23)21-8-7-20-9-11-31-24(20)14-21/h4-8,13-14,17H,9-12,15-16H2,1-3H3. The summed E-state index contributed by atoms with van der Waals surface area (Å²) in [6, 6.07) is 13.7. The van der Waals surface area contributed by atoms with E-state index >= 15 is 0 Å². The molecule has 7 heteroatoms. The molecule has 2 heterocycles. The molecule has 1 aromatic heterocycles. The number of hydrogen-bond acceptors (Lipinski definition) is 7. The molecule has 33 heavy (non-hydrogen) atoms. The van der Waals surface area contributed by atoms with Gasteiger partial charge in [-0.3, -0.25) is 0 Å². The van der Waals surface area contributed by atoms with Crippen LogP contribution in [-0.2, 0) is 33.7 Å². The van der Waals surface area contributed by atoms with Crippen molar-refractivity contribution in [3.63, 3.8) is 0 Å². The average molecular weight is 452 g/mol. The minimum Gasteiger partial charge on any atom is -0.493 e. The lowest BCUT2D eigenvalue weighted by Crippen LogP contribution is -2.16. The van der Waals surface area contributed by atoms with Crippen molar-refractivity contribution < 1.29 is 28.2 Å². The van der Waals surface area contributed by atoms with E-state index in [9.17, 15) is 4.79 Å². The minimum atomic E-state index is -0.368. The van der Waals surface area contributed by atoms with Gasteiger partial charge < -0.3 is 23.4 Å². The molecule has 0 amide bonds. The van der Waals surface area contributed by atoms with E-state index < -0.39 is 0 Å². The van der Waals surface area contributed by atoms with Crippen molar-refractivity contribution in [2.75, 3.05) is 19.8 Å². The smallest absolute Gasteiger partial charge is 0.332 e. The quantitative estimate of drug-likeness (QED) is 0.414. The molecule has 0 saturated heterocycles. The van der Waals surface area contributed by atoms with Crippen LogP contribution in [0.2, 0.25) is 0 Å². The van der Waals surface area contributed by atoms with Crippen LogP contribution in [0.3, 0.4) is 0 Å². The Morgan fingerprint density at radius 2 is 2.06 bits per heavy atom. The summed E-state index contributed by atoms with van der Waals surface area (Å²) >= 11 is 0. The van der Waals surface area contributed by atoms with Crippen molar-refractivity contribution in [2.45, 2.75) is 46.3 Å². The highest BCUT2D eigenvalue weighted by Crippen LogP contribution is 2.31. The summed E-state index contributed by atoms with van der Waals surface area (Å²) in [5.74, 6) is 2.65. The lowest BCUT2D eigenvalue weighted by molar-refractivity contribution is -0.153. The number of aromatic nitrogens is 1. The Morgan fingerprint density at radius 1 is 1.18 bits per heavy atom. The number of ether oxygens (including phenoxy) is 4. The topological polar surface area (TPSA) is 80.0 Å². The third-order valence-electron chi connectivity index (χ3n) is 5.20. The second-order valence-corrected chi connectivity index (χ2v) is 8.22. The number of esters is 1. The molecule has 3 aromatic rings. The number of rotatable bonds is 10. The monoisotopic (exact) mass is 451 g/mol. The number of fused-ring (bicyclic) bond motifs is 1. The molecular weight excluding hydrogens is 422 g/mol. The van der Waals surface area contributed by atoms with Gasteiger partial charge in [0.1, 0.15) is 23.9 Å². The third kappa shape index (κ3) is 6.14. The van der Waals surface area contributed by atoms with Gasteiger partial charge in [-0.15, -0.1) is 0 Å². The molecule has 1 aliphatic heterocycles. The number of aryl methyl sites for hydroxylation is 1. The molecule has 0 N–H and O–H groups in total.